The first kappa shape index (κ1) is 14.9. The van der Waals surface area contributed by atoms with Gasteiger partial charge >= 0.3 is 12.1 Å². The number of methoxy groups -OCH3 is 1. The summed E-state index contributed by atoms with van der Waals surface area (Å²) < 4.78 is 9.25. The number of hydrogen-bond acceptors (Lipinski definition) is 8. The Kier molecular flexibility index (Phi) is 5.73. The lowest BCUT2D eigenvalue weighted by Gasteiger charge is -2.02. The van der Waals surface area contributed by atoms with E-state index in [4.69, 9.17) is 4.74 Å². The van der Waals surface area contributed by atoms with E-state index in [9.17, 15) is 9.59 Å². The summed E-state index contributed by atoms with van der Waals surface area (Å²) in [7, 11) is 2.54. The van der Waals surface area contributed by atoms with E-state index in [0.29, 0.717) is 0 Å². The standard InChI is InChI=1S/C10H13N3O5S/c1-4-18-8(14)7(13-17-3)6-5-19-9(11-6)12-10(15)16-2/h5H,4H2,1-3H3,(H,11,12,15). The Morgan fingerprint density at radius 3 is 2.79 bits per heavy atom. The number of nitrogens with zero attached hydrogens (tertiary/aromatic N) is 2. The average molecular weight is 287 g/mol. The Bertz CT molecular complexity index is 485. The van der Waals surface area contributed by atoms with Crippen molar-refractivity contribution in [2.75, 3.05) is 26.1 Å². The van der Waals surface area contributed by atoms with E-state index in [1.807, 2.05) is 0 Å². The first-order chi connectivity index (χ1) is 9.12. The van der Waals surface area contributed by atoms with Crippen molar-refractivity contribution >= 4 is 34.2 Å². The first-order valence-corrected chi connectivity index (χ1v) is 6.09. The van der Waals surface area contributed by atoms with Crippen LogP contribution in [0.4, 0.5) is 9.93 Å². The molecule has 0 saturated heterocycles. The van der Waals surface area contributed by atoms with Gasteiger partial charge in [0, 0.05) is 5.38 Å². The van der Waals surface area contributed by atoms with Gasteiger partial charge in [0.05, 0.1) is 13.7 Å². The maximum absolute atomic E-state index is 11.6. The van der Waals surface area contributed by atoms with Gasteiger partial charge in [-0.15, -0.1) is 11.3 Å². The topological polar surface area (TPSA) is 99.1 Å². The van der Waals surface area contributed by atoms with Gasteiger partial charge in [0.1, 0.15) is 12.8 Å². The molecule has 9 heteroatoms. The average Bonchev–Trinajstić information content (AvgIpc) is 2.84. The first-order valence-electron chi connectivity index (χ1n) is 5.21. The van der Waals surface area contributed by atoms with E-state index >= 15 is 0 Å². The minimum Gasteiger partial charge on any atom is -0.461 e. The van der Waals surface area contributed by atoms with Crippen LogP contribution in [0, 0.1) is 0 Å². The van der Waals surface area contributed by atoms with Crippen LogP contribution in [-0.4, -0.2) is 43.6 Å². The van der Waals surface area contributed by atoms with Crippen molar-refractivity contribution in [1.29, 1.82) is 0 Å². The smallest absolute Gasteiger partial charge is 0.413 e. The molecule has 1 rings (SSSR count). The van der Waals surface area contributed by atoms with Crippen molar-refractivity contribution in [1.82, 2.24) is 4.98 Å². The predicted molar refractivity (Wildman–Crippen MR) is 68.3 cm³/mol. The molecule has 1 N–H and O–H groups in total. The Morgan fingerprint density at radius 2 is 2.21 bits per heavy atom. The number of oxime groups is 1. The van der Waals surface area contributed by atoms with Crippen molar-refractivity contribution in [2.24, 2.45) is 5.16 Å². The molecule has 0 spiro atoms. The molecule has 0 aliphatic heterocycles. The second-order valence-electron chi connectivity index (χ2n) is 3.00. The maximum Gasteiger partial charge on any atom is 0.413 e. The summed E-state index contributed by atoms with van der Waals surface area (Å²) in [4.78, 5) is 31.2. The zero-order valence-corrected chi connectivity index (χ0v) is 11.4. The van der Waals surface area contributed by atoms with Gasteiger partial charge in [-0.3, -0.25) is 5.32 Å². The van der Waals surface area contributed by atoms with Crippen LogP contribution in [0.3, 0.4) is 0 Å². The van der Waals surface area contributed by atoms with Gasteiger partial charge in [-0.1, -0.05) is 5.16 Å². The van der Waals surface area contributed by atoms with Crippen molar-refractivity contribution in [2.45, 2.75) is 6.92 Å². The molecule has 0 unspecified atom stereocenters. The number of hydrogen-bond donors (Lipinski definition) is 1. The lowest BCUT2D eigenvalue weighted by Crippen LogP contribution is -2.20. The van der Waals surface area contributed by atoms with E-state index in [2.05, 4.69) is 25.0 Å². The van der Waals surface area contributed by atoms with Crippen molar-refractivity contribution in [3.05, 3.63) is 11.1 Å². The molecule has 1 amide bonds. The monoisotopic (exact) mass is 287 g/mol. The number of esters is 1. The van der Waals surface area contributed by atoms with E-state index < -0.39 is 12.1 Å². The molecule has 0 atom stereocenters. The molecule has 0 fully saturated rings. The fourth-order valence-corrected chi connectivity index (χ4v) is 1.74. The molecule has 0 bridgehead atoms. The SMILES string of the molecule is CCOC(=O)C(=NOC)c1csc(NC(=O)OC)n1. The van der Waals surface area contributed by atoms with Crippen molar-refractivity contribution < 1.29 is 23.9 Å². The molecule has 8 nitrogen and oxygen atoms in total. The highest BCUT2D eigenvalue weighted by Gasteiger charge is 2.20. The summed E-state index contributed by atoms with van der Waals surface area (Å²) >= 11 is 1.12. The summed E-state index contributed by atoms with van der Waals surface area (Å²) in [6.07, 6.45) is -0.651. The molecular formula is C10H13N3O5S. The third kappa shape index (κ3) is 4.21. The van der Waals surface area contributed by atoms with Gasteiger partial charge in [-0.05, 0) is 6.92 Å². The van der Waals surface area contributed by atoms with Crippen LogP contribution in [0.25, 0.3) is 0 Å². The van der Waals surface area contributed by atoms with Crippen LogP contribution in [0.2, 0.25) is 0 Å². The van der Waals surface area contributed by atoms with E-state index in [1.165, 1.54) is 14.2 Å². The van der Waals surface area contributed by atoms with Crippen LogP contribution in [0.15, 0.2) is 10.5 Å². The van der Waals surface area contributed by atoms with Gasteiger partial charge in [0.15, 0.2) is 5.13 Å². The number of amides is 1. The van der Waals surface area contributed by atoms with Crippen LogP contribution in [0.1, 0.15) is 12.6 Å². The van der Waals surface area contributed by atoms with Gasteiger partial charge in [-0.2, -0.15) is 0 Å². The number of nitrogens with one attached hydrogen (secondary N) is 1. The minimum absolute atomic E-state index is 0.0708. The highest BCUT2D eigenvalue weighted by atomic mass is 32.1. The van der Waals surface area contributed by atoms with Gasteiger partial charge in [-0.25, -0.2) is 14.6 Å². The molecule has 0 aliphatic rings. The van der Waals surface area contributed by atoms with Crippen molar-refractivity contribution in [3.63, 3.8) is 0 Å². The molecule has 19 heavy (non-hydrogen) atoms. The lowest BCUT2D eigenvalue weighted by molar-refractivity contribution is -0.135. The Labute approximate surface area is 113 Å². The fraction of sp³-hybridized carbons (Fsp3) is 0.400. The quantitative estimate of drug-likeness (QED) is 0.497. The second-order valence-corrected chi connectivity index (χ2v) is 3.86. The molecule has 0 aromatic carbocycles. The summed E-state index contributed by atoms with van der Waals surface area (Å²) in [6, 6.07) is 0. The van der Waals surface area contributed by atoms with Gasteiger partial charge in [0.25, 0.3) is 0 Å². The number of aromatic nitrogens is 1. The second kappa shape index (κ2) is 7.31. The summed E-state index contributed by atoms with van der Waals surface area (Å²) in [5.74, 6) is -0.653. The van der Waals surface area contributed by atoms with Crippen LogP contribution >= 0.6 is 11.3 Å². The molecule has 0 saturated carbocycles. The predicted octanol–water partition coefficient (Wildman–Crippen LogP) is 1.23. The molecular weight excluding hydrogens is 274 g/mol. The molecule has 0 radical (unpaired) electrons. The number of thiazole rings is 1. The van der Waals surface area contributed by atoms with E-state index in [0.717, 1.165) is 11.3 Å². The highest BCUT2D eigenvalue weighted by Crippen LogP contribution is 2.17. The summed E-state index contributed by atoms with van der Waals surface area (Å²) in [5, 5.41) is 7.76. The van der Waals surface area contributed by atoms with E-state index in [-0.39, 0.29) is 23.1 Å². The fourth-order valence-electron chi connectivity index (χ4n) is 1.06. The normalized spacial score (nSPS) is 10.8. The molecule has 1 aromatic rings. The number of carbonyl (C=O) groups is 2. The third-order valence-corrected chi connectivity index (χ3v) is 2.55. The Hall–Kier alpha value is -2.16. The maximum atomic E-state index is 11.6. The zero-order valence-electron chi connectivity index (χ0n) is 10.6. The summed E-state index contributed by atoms with van der Waals surface area (Å²) in [6.45, 7) is 1.88. The van der Waals surface area contributed by atoms with Crippen LogP contribution in [-0.2, 0) is 19.1 Å². The van der Waals surface area contributed by atoms with Gasteiger partial charge < -0.3 is 14.3 Å². The third-order valence-electron chi connectivity index (χ3n) is 1.79. The molecule has 1 aromatic heterocycles. The highest BCUT2D eigenvalue weighted by molar-refractivity contribution is 7.14. The van der Waals surface area contributed by atoms with E-state index in [1.54, 1.807) is 12.3 Å². The molecule has 104 valence electrons. The largest absolute Gasteiger partial charge is 0.461 e. The Morgan fingerprint density at radius 1 is 1.47 bits per heavy atom. The van der Waals surface area contributed by atoms with Crippen molar-refractivity contribution in [3.8, 4) is 0 Å². The molecule has 1 heterocycles. The van der Waals surface area contributed by atoms with Crippen LogP contribution < -0.4 is 5.32 Å². The number of ether oxygens (including phenoxy) is 2. The molecule has 0 aliphatic carbocycles. The van der Waals surface area contributed by atoms with Gasteiger partial charge in [0.2, 0.25) is 5.71 Å². The zero-order chi connectivity index (χ0) is 14.3. The number of rotatable bonds is 5. The lowest BCUT2D eigenvalue weighted by atomic mass is 10.3. The van der Waals surface area contributed by atoms with Crippen LogP contribution in [0.5, 0.6) is 0 Å². The Balaban J connectivity index is 2.90. The number of carbonyl (C=O) groups excluding carboxylic acids is 2. The minimum atomic E-state index is -0.653. The summed E-state index contributed by atoms with van der Waals surface area (Å²) in [5.41, 5.74) is 0.176. The number of anilines is 1.